The van der Waals surface area contributed by atoms with Gasteiger partial charge in [-0.1, -0.05) is 41.9 Å². The monoisotopic (exact) mass is 454 g/mol. The van der Waals surface area contributed by atoms with Crippen molar-refractivity contribution in [3.63, 3.8) is 0 Å². The molecular weight excluding hydrogens is 436 g/mol. The number of thioether (sulfide) groups is 1. The minimum Gasteiger partial charge on any atom is -0.484 e. The number of ether oxygens (including phenoxy) is 2. The molecular formula is C23H19ClN2O4S. The molecule has 0 bridgehead atoms. The zero-order valence-electron chi connectivity index (χ0n) is 16.4. The van der Waals surface area contributed by atoms with E-state index in [1.54, 1.807) is 24.3 Å². The third-order valence-electron chi connectivity index (χ3n) is 4.42. The highest BCUT2D eigenvalue weighted by atomic mass is 35.5. The fourth-order valence-corrected chi connectivity index (χ4v) is 4.22. The smallest absolute Gasteiger partial charge is 0.276 e. The summed E-state index contributed by atoms with van der Waals surface area (Å²) in [6.45, 7) is -0.222. The topological polar surface area (TPSA) is 67.9 Å². The van der Waals surface area contributed by atoms with Crippen molar-refractivity contribution in [2.75, 3.05) is 12.4 Å². The molecule has 1 fully saturated rings. The Bertz CT molecular complexity index is 1060. The van der Waals surface area contributed by atoms with E-state index in [2.05, 4.69) is 5.43 Å². The molecule has 158 valence electrons. The van der Waals surface area contributed by atoms with Crippen LogP contribution in [0.3, 0.4) is 0 Å². The Morgan fingerprint density at radius 2 is 1.74 bits per heavy atom. The lowest BCUT2D eigenvalue weighted by molar-refractivity contribution is -0.140. The summed E-state index contributed by atoms with van der Waals surface area (Å²) in [5.74, 6) is 1.56. The van der Waals surface area contributed by atoms with Crippen LogP contribution in [0.1, 0.15) is 10.9 Å². The minimum absolute atomic E-state index is 0.177. The van der Waals surface area contributed by atoms with E-state index >= 15 is 0 Å². The fourth-order valence-electron chi connectivity index (χ4n) is 2.99. The number of benzene rings is 3. The number of halogens is 1. The third kappa shape index (κ3) is 5.51. The van der Waals surface area contributed by atoms with Crippen LogP contribution in [-0.4, -0.2) is 29.2 Å². The van der Waals surface area contributed by atoms with Crippen LogP contribution in [0.25, 0.3) is 0 Å². The zero-order chi connectivity index (χ0) is 21.6. The summed E-state index contributed by atoms with van der Waals surface area (Å²) in [6, 6.07) is 23.6. The molecule has 1 N–H and O–H groups in total. The molecule has 2 amide bonds. The van der Waals surface area contributed by atoms with Gasteiger partial charge in [0.1, 0.15) is 22.6 Å². The van der Waals surface area contributed by atoms with E-state index < -0.39 is 5.91 Å². The van der Waals surface area contributed by atoms with E-state index in [1.165, 1.54) is 16.8 Å². The second-order valence-corrected chi connectivity index (χ2v) is 8.20. The van der Waals surface area contributed by atoms with Gasteiger partial charge in [-0.25, -0.2) is 5.01 Å². The Labute approximate surface area is 189 Å². The predicted octanol–water partition coefficient (Wildman–Crippen LogP) is 4.82. The van der Waals surface area contributed by atoms with Gasteiger partial charge in [-0.3, -0.25) is 15.0 Å². The summed E-state index contributed by atoms with van der Waals surface area (Å²) in [6.07, 6.45) is 0. The van der Waals surface area contributed by atoms with E-state index in [-0.39, 0.29) is 23.6 Å². The van der Waals surface area contributed by atoms with E-state index in [1.807, 2.05) is 54.6 Å². The van der Waals surface area contributed by atoms with E-state index in [0.717, 1.165) is 11.3 Å². The van der Waals surface area contributed by atoms with Crippen molar-refractivity contribution in [2.45, 2.75) is 5.37 Å². The molecule has 1 heterocycles. The van der Waals surface area contributed by atoms with Gasteiger partial charge < -0.3 is 9.47 Å². The number of rotatable bonds is 7. The van der Waals surface area contributed by atoms with Gasteiger partial charge in [-0.05, 0) is 54.1 Å². The van der Waals surface area contributed by atoms with Crippen molar-refractivity contribution in [3.05, 3.63) is 89.4 Å². The summed E-state index contributed by atoms with van der Waals surface area (Å²) in [5.41, 5.74) is 3.51. The molecule has 3 aromatic carbocycles. The maximum atomic E-state index is 12.4. The van der Waals surface area contributed by atoms with Crippen molar-refractivity contribution in [3.8, 4) is 17.2 Å². The van der Waals surface area contributed by atoms with Crippen LogP contribution in [0.15, 0.2) is 78.9 Å². The number of amides is 2. The number of nitrogens with one attached hydrogen (secondary N) is 1. The van der Waals surface area contributed by atoms with Crippen molar-refractivity contribution in [1.29, 1.82) is 0 Å². The highest BCUT2D eigenvalue weighted by Gasteiger charge is 2.34. The molecule has 0 aliphatic carbocycles. The molecule has 0 radical (unpaired) electrons. The average molecular weight is 455 g/mol. The molecule has 1 aliphatic rings. The van der Waals surface area contributed by atoms with Crippen LogP contribution in [0.2, 0.25) is 5.02 Å². The average Bonchev–Trinajstić information content (AvgIpc) is 3.14. The highest BCUT2D eigenvalue weighted by Crippen LogP contribution is 2.38. The van der Waals surface area contributed by atoms with Crippen LogP contribution < -0.4 is 14.9 Å². The van der Waals surface area contributed by atoms with Gasteiger partial charge >= 0.3 is 0 Å². The number of carbonyl (C=O) groups excluding carboxylic acids is 2. The maximum absolute atomic E-state index is 12.4. The summed E-state index contributed by atoms with van der Waals surface area (Å²) >= 11 is 7.28. The van der Waals surface area contributed by atoms with Gasteiger partial charge in [0.05, 0.1) is 5.75 Å². The van der Waals surface area contributed by atoms with E-state index in [0.29, 0.717) is 16.5 Å². The molecule has 0 spiro atoms. The maximum Gasteiger partial charge on any atom is 0.276 e. The Morgan fingerprint density at radius 1 is 1.00 bits per heavy atom. The number of carbonyl (C=O) groups is 2. The molecule has 3 aromatic rings. The quantitative estimate of drug-likeness (QED) is 0.554. The van der Waals surface area contributed by atoms with Gasteiger partial charge in [0.15, 0.2) is 6.61 Å². The normalized spacial score (nSPS) is 15.6. The molecule has 1 atom stereocenters. The molecule has 1 saturated heterocycles. The van der Waals surface area contributed by atoms with Crippen molar-refractivity contribution >= 4 is 35.2 Å². The lowest BCUT2D eigenvalue weighted by Gasteiger charge is -2.25. The van der Waals surface area contributed by atoms with Crippen LogP contribution in [0.4, 0.5) is 0 Å². The second kappa shape index (κ2) is 9.76. The molecule has 6 nitrogen and oxygen atoms in total. The first-order chi connectivity index (χ1) is 15.1. The first kappa shape index (κ1) is 21.1. The molecule has 4 rings (SSSR count). The van der Waals surface area contributed by atoms with Crippen molar-refractivity contribution in [2.24, 2.45) is 0 Å². The van der Waals surface area contributed by atoms with Crippen LogP contribution >= 0.6 is 23.4 Å². The van der Waals surface area contributed by atoms with Crippen LogP contribution in [0.5, 0.6) is 17.2 Å². The number of hydrazine groups is 1. The van der Waals surface area contributed by atoms with Gasteiger partial charge in [-0.2, -0.15) is 0 Å². The molecule has 0 saturated carbocycles. The zero-order valence-corrected chi connectivity index (χ0v) is 17.9. The SMILES string of the molecule is O=C(COc1ccc(Cl)cc1)NN1C(=O)CSC1c1cccc(Oc2ccccc2)c1. The lowest BCUT2D eigenvalue weighted by atomic mass is 10.2. The largest absolute Gasteiger partial charge is 0.484 e. The number of nitrogens with zero attached hydrogens (tertiary/aromatic N) is 1. The summed E-state index contributed by atoms with van der Waals surface area (Å²) in [5, 5.41) is 1.57. The number of hydrogen-bond acceptors (Lipinski definition) is 5. The van der Waals surface area contributed by atoms with Crippen LogP contribution in [0, 0.1) is 0 Å². The predicted molar refractivity (Wildman–Crippen MR) is 120 cm³/mol. The standard InChI is InChI=1S/C23H19ClN2O4S/c24-17-9-11-18(12-10-17)29-14-21(27)25-26-22(28)15-31-23(26)16-5-4-8-20(13-16)30-19-6-2-1-3-7-19/h1-13,23H,14-15H2,(H,25,27). The fraction of sp³-hybridized carbons (Fsp3) is 0.130. The Hall–Kier alpha value is -3.16. The minimum atomic E-state index is -0.424. The van der Waals surface area contributed by atoms with Gasteiger partial charge in [-0.15, -0.1) is 11.8 Å². The lowest BCUT2D eigenvalue weighted by Crippen LogP contribution is -2.46. The van der Waals surface area contributed by atoms with E-state index in [9.17, 15) is 9.59 Å². The highest BCUT2D eigenvalue weighted by molar-refractivity contribution is 8.00. The van der Waals surface area contributed by atoms with Gasteiger partial charge in [0.2, 0.25) is 0 Å². The first-order valence-electron chi connectivity index (χ1n) is 9.53. The number of para-hydroxylation sites is 1. The molecule has 31 heavy (non-hydrogen) atoms. The van der Waals surface area contributed by atoms with E-state index in [4.69, 9.17) is 21.1 Å². The van der Waals surface area contributed by atoms with Crippen molar-refractivity contribution in [1.82, 2.24) is 10.4 Å². The Kier molecular flexibility index (Phi) is 6.64. The molecule has 8 heteroatoms. The Morgan fingerprint density at radius 3 is 2.52 bits per heavy atom. The third-order valence-corrected chi connectivity index (χ3v) is 5.88. The summed E-state index contributed by atoms with van der Waals surface area (Å²) in [7, 11) is 0. The first-order valence-corrected chi connectivity index (χ1v) is 11.0. The second-order valence-electron chi connectivity index (χ2n) is 6.69. The summed E-state index contributed by atoms with van der Waals surface area (Å²) in [4.78, 5) is 24.8. The van der Waals surface area contributed by atoms with Gasteiger partial charge in [0, 0.05) is 5.02 Å². The molecule has 1 aliphatic heterocycles. The molecule has 1 unspecified atom stereocenters. The molecule has 0 aromatic heterocycles. The van der Waals surface area contributed by atoms with Gasteiger partial charge in [0.25, 0.3) is 11.8 Å². The number of hydrogen-bond donors (Lipinski definition) is 1. The van der Waals surface area contributed by atoms with Crippen molar-refractivity contribution < 1.29 is 19.1 Å². The van der Waals surface area contributed by atoms with Crippen LogP contribution in [-0.2, 0) is 9.59 Å². The summed E-state index contributed by atoms with van der Waals surface area (Å²) < 4.78 is 11.3. The Balaban J connectivity index is 1.41.